The van der Waals surface area contributed by atoms with Gasteiger partial charge < -0.3 is 15.2 Å². The highest BCUT2D eigenvalue weighted by Crippen LogP contribution is 2.26. The van der Waals surface area contributed by atoms with Crippen LogP contribution >= 0.6 is 0 Å². The van der Waals surface area contributed by atoms with E-state index >= 15 is 0 Å². The summed E-state index contributed by atoms with van der Waals surface area (Å²) in [5.41, 5.74) is 4.38. The molecule has 2 aromatic heterocycles. The summed E-state index contributed by atoms with van der Waals surface area (Å²) in [6, 6.07) is 8.79. The molecule has 0 spiro atoms. The zero-order valence-electron chi connectivity index (χ0n) is 19.3. The Labute approximate surface area is 197 Å². The van der Waals surface area contributed by atoms with Crippen LogP contribution in [0.5, 0.6) is 0 Å². The molecule has 0 amide bonds. The highest BCUT2D eigenvalue weighted by Gasteiger charge is 2.25. The molecule has 1 atom stereocenters. The molecule has 8 nitrogen and oxygen atoms in total. The van der Waals surface area contributed by atoms with Gasteiger partial charge in [0.15, 0.2) is 0 Å². The van der Waals surface area contributed by atoms with Gasteiger partial charge in [0.05, 0.1) is 11.2 Å². The van der Waals surface area contributed by atoms with Gasteiger partial charge in [-0.3, -0.25) is 9.78 Å². The molecule has 5 rings (SSSR count). The molecular formula is C26H30N6O2. The minimum absolute atomic E-state index is 0.152. The third-order valence-electron chi connectivity index (χ3n) is 6.89. The number of fused-ring (bicyclic) bond motifs is 1. The lowest BCUT2D eigenvalue weighted by Crippen LogP contribution is -2.35. The zero-order chi connectivity index (χ0) is 23.7. The average molecular weight is 459 g/mol. The summed E-state index contributed by atoms with van der Waals surface area (Å²) in [6.45, 7) is 12.7. The fourth-order valence-corrected chi connectivity index (χ4v) is 5.07. The number of likely N-dealkylation sites (tertiary alicyclic amines) is 1. The van der Waals surface area contributed by atoms with Crippen molar-refractivity contribution in [2.45, 2.75) is 25.2 Å². The number of aromatic nitrogens is 4. The van der Waals surface area contributed by atoms with Crippen molar-refractivity contribution in [3.8, 4) is 5.69 Å². The number of nitrogens with one attached hydrogen (secondary N) is 3. The van der Waals surface area contributed by atoms with Crippen LogP contribution in [-0.2, 0) is 0 Å². The predicted octanol–water partition coefficient (Wildman–Crippen LogP) is 2.61. The molecule has 3 N–H and O–H groups in total. The Balaban J connectivity index is 1.35. The molecule has 0 aliphatic carbocycles. The molecule has 0 saturated carbocycles. The number of H-pyrrole nitrogens is 2. The topological polar surface area (TPSA) is 98.8 Å². The Kier molecular flexibility index (Phi) is 6.17. The number of hydrogen-bond acceptors (Lipinski definition) is 5. The van der Waals surface area contributed by atoms with E-state index in [4.69, 9.17) is 0 Å². The van der Waals surface area contributed by atoms with Gasteiger partial charge in [0, 0.05) is 43.5 Å². The molecule has 34 heavy (non-hydrogen) atoms. The maximum Gasteiger partial charge on any atom is 0.348 e. The van der Waals surface area contributed by atoms with Crippen molar-refractivity contribution in [3.05, 3.63) is 92.9 Å². The number of nitrogens with zero attached hydrogens (tertiary/aromatic N) is 3. The van der Waals surface area contributed by atoms with E-state index in [1.54, 1.807) is 12.1 Å². The predicted molar refractivity (Wildman–Crippen MR) is 135 cm³/mol. The first-order valence-corrected chi connectivity index (χ1v) is 11.8. The van der Waals surface area contributed by atoms with Crippen LogP contribution in [0.3, 0.4) is 0 Å². The second-order valence-electron chi connectivity index (χ2n) is 9.10. The molecule has 0 bridgehead atoms. The Morgan fingerprint density at radius 1 is 1.18 bits per heavy atom. The highest BCUT2D eigenvalue weighted by molar-refractivity contribution is 5.85. The van der Waals surface area contributed by atoms with Gasteiger partial charge in [-0.05, 0) is 54.7 Å². The number of piperidine rings is 1. The van der Waals surface area contributed by atoms with Crippen LogP contribution in [0.15, 0.2) is 75.9 Å². The number of para-hydroxylation sites is 1. The number of benzene rings is 1. The zero-order valence-corrected chi connectivity index (χ0v) is 19.3. The lowest BCUT2D eigenvalue weighted by Gasteiger charge is -2.31. The van der Waals surface area contributed by atoms with Crippen molar-refractivity contribution >= 4 is 10.9 Å². The Bertz CT molecular complexity index is 1390. The molecule has 8 heteroatoms. The third-order valence-corrected chi connectivity index (χ3v) is 6.89. The summed E-state index contributed by atoms with van der Waals surface area (Å²) in [4.78, 5) is 33.0. The van der Waals surface area contributed by atoms with Gasteiger partial charge in [-0.2, -0.15) is 4.68 Å². The fourth-order valence-electron chi connectivity index (χ4n) is 5.07. The fraction of sp³-hybridized carbons (Fsp3) is 0.346. The number of rotatable bonds is 6. The first-order chi connectivity index (χ1) is 16.5. The smallest absolute Gasteiger partial charge is 0.320 e. The molecule has 1 aromatic carbocycles. The van der Waals surface area contributed by atoms with Gasteiger partial charge in [-0.25, -0.2) is 4.79 Å². The molecule has 2 aliphatic rings. The average Bonchev–Trinajstić information content (AvgIpc) is 3.45. The van der Waals surface area contributed by atoms with E-state index in [0.29, 0.717) is 17.0 Å². The standard InChI is InChI=1S/C26H30N6O2/c1-3-18(21-15-27-14-17(21)2)11-13-31-12-5-7-20(16-31)25-29-26(34)32(30-25)22-8-4-6-19-9-10-23(33)28-24(19)22/h3-4,6,8-10,20,27H,1-2,5,7,11-16H2,(H,28,33)(H,29,30,34)/b21-18+/t20-/m0/s1. The van der Waals surface area contributed by atoms with Crippen molar-refractivity contribution in [3.63, 3.8) is 0 Å². The van der Waals surface area contributed by atoms with Gasteiger partial charge in [-0.15, -0.1) is 5.10 Å². The summed E-state index contributed by atoms with van der Waals surface area (Å²) in [7, 11) is 0. The van der Waals surface area contributed by atoms with E-state index in [-0.39, 0.29) is 17.2 Å². The SMILES string of the molecule is C=C/C(CCN1CCC[C@H](c2nn(-c3cccc4ccc(=O)[nH]c34)c(=O)[nH]2)C1)=C1/CNCC1=C. The van der Waals surface area contributed by atoms with Gasteiger partial charge in [0.2, 0.25) is 5.56 Å². The quantitative estimate of drug-likeness (QED) is 0.527. The van der Waals surface area contributed by atoms with Crippen molar-refractivity contribution in [1.29, 1.82) is 0 Å². The Hall–Kier alpha value is -3.49. The molecule has 176 valence electrons. The van der Waals surface area contributed by atoms with E-state index < -0.39 is 0 Å². The molecule has 2 aliphatic heterocycles. The lowest BCUT2D eigenvalue weighted by atomic mass is 9.96. The Morgan fingerprint density at radius 3 is 2.85 bits per heavy atom. The maximum absolute atomic E-state index is 12.8. The van der Waals surface area contributed by atoms with Crippen LogP contribution in [-0.4, -0.2) is 57.4 Å². The van der Waals surface area contributed by atoms with Gasteiger partial charge in [-0.1, -0.05) is 31.4 Å². The minimum atomic E-state index is -0.296. The lowest BCUT2D eigenvalue weighted by molar-refractivity contribution is 0.206. The van der Waals surface area contributed by atoms with E-state index in [0.717, 1.165) is 62.9 Å². The highest BCUT2D eigenvalue weighted by atomic mass is 16.2. The first-order valence-electron chi connectivity index (χ1n) is 11.8. The van der Waals surface area contributed by atoms with E-state index in [2.05, 4.69) is 38.4 Å². The number of pyridine rings is 1. The van der Waals surface area contributed by atoms with Crippen LogP contribution in [0, 0.1) is 0 Å². The third kappa shape index (κ3) is 4.34. The summed E-state index contributed by atoms with van der Waals surface area (Å²) in [6.07, 6.45) is 4.92. The molecule has 0 unspecified atom stereocenters. The number of allylic oxidation sites excluding steroid dienone is 1. The summed E-state index contributed by atoms with van der Waals surface area (Å²) in [5.74, 6) is 0.848. The van der Waals surface area contributed by atoms with Crippen molar-refractivity contribution in [1.82, 2.24) is 30.0 Å². The normalized spacial score (nSPS) is 20.7. The minimum Gasteiger partial charge on any atom is -0.320 e. The number of aromatic amines is 2. The van der Waals surface area contributed by atoms with Crippen LogP contribution in [0.1, 0.15) is 31.0 Å². The van der Waals surface area contributed by atoms with Gasteiger partial charge in [0.25, 0.3) is 0 Å². The van der Waals surface area contributed by atoms with E-state index in [1.165, 1.54) is 21.9 Å². The molecule has 3 aromatic rings. The largest absolute Gasteiger partial charge is 0.348 e. The molecule has 4 heterocycles. The van der Waals surface area contributed by atoms with Crippen LogP contribution in [0.2, 0.25) is 0 Å². The van der Waals surface area contributed by atoms with Crippen molar-refractivity contribution in [2.24, 2.45) is 0 Å². The van der Waals surface area contributed by atoms with Crippen LogP contribution < -0.4 is 16.6 Å². The van der Waals surface area contributed by atoms with E-state index in [9.17, 15) is 9.59 Å². The Morgan fingerprint density at radius 2 is 2.06 bits per heavy atom. The number of hydrogen-bond donors (Lipinski definition) is 3. The first kappa shape index (κ1) is 22.3. The molecule has 0 radical (unpaired) electrons. The molecule has 2 fully saturated rings. The van der Waals surface area contributed by atoms with Crippen LogP contribution in [0.25, 0.3) is 16.6 Å². The maximum atomic E-state index is 12.8. The second kappa shape index (κ2) is 9.40. The second-order valence-corrected chi connectivity index (χ2v) is 9.10. The van der Waals surface area contributed by atoms with E-state index in [1.807, 2.05) is 18.2 Å². The van der Waals surface area contributed by atoms with Gasteiger partial charge >= 0.3 is 5.69 Å². The van der Waals surface area contributed by atoms with Crippen molar-refractivity contribution in [2.75, 3.05) is 32.7 Å². The molecular weight excluding hydrogens is 428 g/mol. The summed E-state index contributed by atoms with van der Waals surface area (Å²) >= 11 is 0. The van der Waals surface area contributed by atoms with Gasteiger partial charge in [0.1, 0.15) is 5.82 Å². The van der Waals surface area contributed by atoms with Crippen molar-refractivity contribution < 1.29 is 0 Å². The van der Waals surface area contributed by atoms with Crippen LogP contribution in [0.4, 0.5) is 0 Å². The monoisotopic (exact) mass is 458 g/mol. The summed E-state index contributed by atoms with van der Waals surface area (Å²) < 4.78 is 1.37. The summed E-state index contributed by atoms with van der Waals surface area (Å²) in [5, 5.41) is 8.86. The molecule has 2 saturated heterocycles.